The third-order valence-electron chi connectivity index (χ3n) is 5.12. The summed E-state index contributed by atoms with van der Waals surface area (Å²) in [4.78, 5) is 34.4. The van der Waals surface area contributed by atoms with Crippen molar-refractivity contribution in [1.29, 1.82) is 0 Å². The molecule has 0 radical (unpaired) electrons. The number of amides is 1. The smallest absolute Gasteiger partial charge is 0.339 e. The van der Waals surface area contributed by atoms with Gasteiger partial charge < -0.3 is 9.80 Å². The van der Waals surface area contributed by atoms with E-state index in [4.69, 9.17) is 0 Å². The number of alkyl halides is 6. The zero-order valence-electron chi connectivity index (χ0n) is 17.2. The molecule has 3 heterocycles. The fourth-order valence-corrected chi connectivity index (χ4v) is 3.31. The topological polar surface area (TPSA) is 95.1 Å². The van der Waals surface area contributed by atoms with E-state index >= 15 is 0 Å². The zero-order chi connectivity index (χ0) is 24.2. The minimum absolute atomic E-state index is 0.0829. The summed E-state index contributed by atoms with van der Waals surface area (Å²) >= 11 is 0. The van der Waals surface area contributed by atoms with Gasteiger partial charge in [0.15, 0.2) is 0 Å². The van der Waals surface area contributed by atoms with E-state index < -0.39 is 29.0 Å². The summed E-state index contributed by atoms with van der Waals surface area (Å²) in [7, 11) is 0. The van der Waals surface area contributed by atoms with Gasteiger partial charge in [0.05, 0.1) is 11.3 Å². The highest BCUT2D eigenvalue weighted by atomic mass is 19.4. The third kappa shape index (κ3) is 6.42. The number of hydrogen-bond donors (Lipinski definition) is 1. The number of unbranched alkanes of at least 4 members (excludes halogenated alkanes) is 1. The number of halogens is 6. The molecule has 1 aliphatic heterocycles. The van der Waals surface area contributed by atoms with Gasteiger partial charge in [-0.3, -0.25) is 9.59 Å². The standard InChI is InChI=1S/C19H20F6N6O2/c20-18(21,22)12-10-26-17(27-11-12)31-7-5-30(6-8-31)15(32)4-2-1-3-13-9-14(19(23,24)25)16(33)29-28-13/h9-11H,1-8H2,(H,29,33). The number of nitrogens with one attached hydrogen (secondary N) is 1. The van der Waals surface area contributed by atoms with Crippen molar-refractivity contribution in [2.24, 2.45) is 0 Å². The molecule has 1 aliphatic rings. The number of hydrogen-bond acceptors (Lipinski definition) is 6. The van der Waals surface area contributed by atoms with Gasteiger partial charge in [-0.15, -0.1) is 0 Å². The number of aryl methyl sites for hydroxylation is 1. The Balaban J connectivity index is 1.42. The number of piperazine rings is 1. The summed E-state index contributed by atoms with van der Waals surface area (Å²) in [6.45, 7) is 1.41. The van der Waals surface area contributed by atoms with Crippen molar-refractivity contribution >= 4 is 11.9 Å². The van der Waals surface area contributed by atoms with E-state index in [9.17, 15) is 35.9 Å². The van der Waals surface area contributed by atoms with Crippen LogP contribution in [0.2, 0.25) is 0 Å². The lowest BCUT2D eigenvalue weighted by molar-refractivity contribution is -0.139. The highest BCUT2D eigenvalue weighted by Gasteiger charge is 2.34. The molecule has 1 saturated heterocycles. The molecule has 3 rings (SSSR count). The first kappa shape index (κ1) is 24.5. The number of anilines is 1. The number of H-pyrrole nitrogens is 1. The Bertz CT molecular complexity index is 1010. The molecule has 2 aromatic rings. The number of aromatic amines is 1. The molecule has 1 fully saturated rings. The molecule has 8 nitrogen and oxygen atoms in total. The number of carbonyl (C=O) groups excluding carboxylic acids is 1. The lowest BCUT2D eigenvalue weighted by Gasteiger charge is -2.34. The fraction of sp³-hybridized carbons (Fsp3) is 0.526. The lowest BCUT2D eigenvalue weighted by Crippen LogP contribution is -2.49. The number of carbonyl (C=O) groups is 1. The second-order valence-corrected chi connectivity index (χ2v) is 7.44. The first-order valence-electron chi connectivity index (χ1n) is 10.0. The zero-order valence-corrected chi connectivity index (χ0v) is 17.2. The first-order chi connectivity index (χ1) is 15.4. The molecule has 1 N–H and O–H groups in total. The lowest BCUT2D eigenvalue weighted by atomic mass is 10.1. The molecular weight excluding hydrogens is 458 g/mol. The molecule has 2 aromatic heterocycles. The van der Waals surface area contributed by atoms with E-state index in [0.29, 0.717) is 45.1 Å². The molecule has 0 aliphatic carbocycles. The Morgan fingerprint density at radius 3 is 2.18 bits per heavy atom. The predicted octanol–water partition coefficient (Wildman–Crippen LogP) is 2.66. The molecule has 0 unspecified atom stereocenters. The SMILES string of the molecule is O=C(CCCCc1cc(C(F)(F)F)c(=O)[nH]n1)N1CCN(c2ncc(C(F)(F)F)cn2)CC1. The van der Waals surface area contributed by atoms with E-state index in [-0.39, 0.29) is 30.4 Å². The van der Waals surface area contributed by atoms with Crippen LogP contribution in [0.25, 0.3) is 0 Å². The number of rotatable bonds is 6. The Morgan fingerprint density at radius 2 is 1.61 bits per heavy atom. The average molecular weight is 478 g/mol. The molecule has 33 heavy (non-hydrogen) atoms. The van der Waals surface area contributed by atoms with Crippen LogP contribution < -0.4 is 10.5 Å². The van der Waals surface area contributed by atoms with Gasteiger partial charge in [0.25, 0.3) is 5.56 Å². The van der Waals surface area contributed by atoms with Crippen LogP contribution in [-0.2, 0) is 23.6 Å². The van der Waals surface area contributed by atoms with Crippen LogP contribution in [0.1, 0.15) is 36.1 Å². The van der Waals surface area contributed by atoms with Crippen molar-refractivity contribution in [3.8, 4) is 0 Å². The Labute approximate surface area is 183 Å². The van der Waals surface area contributed by atoms with Crippen molar-refractivity contribution in [3.05, 3.63) is 45.6 Å². The van der Waals surface area contributed by atoms with Crippen molar-refractivity contribution in [3.63, 3.8) is 0 Å². The van der Waals surface area contributed by atoms with Crippen LogP contribution in [0.15, 0.2) is 23.3 Å². The molecule has 0 spiro atoms. The maximum atomic E-state index is 12.8. The second kappa shape index (κ2) is 9.75. The van der Waals surface area contributed by atoms with Crippen LogP contribution in [-0.4, -0.2) is 57.2 Å². The van der Waals surface area contributed by atoms with Crippen molar-refractivity contribution in [2.45, 2.75) is 38.0 Å². The van der Waals surface area contributed by atoms with Crippen LogP contribution in [0, 0.1) is 0 Å². The highest BCUT2D eigenvalue weighted by molar-refractivity contribution is 5.76. The number of aromatic nitrogens is 4. The molecule has 14 heteroatoms. The molecule has 0 saturated carbocycles. The highest BCUT2D eigenvalue weighted by Crippen LogP contribution is 2.28. The van der Waals surface area contributed by atoms with E-state index in [1.54, 1.807) is 9.80 Å². The monoisotopic (exact) mass is 478 g/mol. The molecule has 1 amide bonds. The molecule has 0 bridgehead atoms. The van der Waals surface area contributed by atoms with E-state index in [2.05, 4.69) is 15.1 Å². The Morgan fingerprint density at radius 1 is 0.970 bits per heavy atom. The molecular formula is C19H20F6N6O2. The average Bonchev–Trinajstić information content (AvgIpc) is 2.76. The van der Waals surface area contributed by atoms with E-state index in [1.807, 2.05) is 5.10 Å². The van der Waals surface area contributed by atoms with Crippen molar-refractivity contribution < 1.29 is 31.1 Å². The van der Waals surface area contributed by atoms with Gasteiger partial charge in [-0.1, -0.05) is 0 Å². The van der Waals surface area contributed by atoms with Crippen LogP contribution in [0.5, 0.6) is 0 Å². The molecule has 0 aromatic carbocycles. The summed E-state index contributed by atoms with van der Waals surface area (Å²) in [6.07, 6.45) is -6.67. The van der Waals surface area contributed by atoms with Gasteiger partial charge in [0.2, 0.25) is 11.9 Å². The van der Waals surface area contributed by atoms with Gasteiger partial charge in [-0.05, 0) is 25.3 Å². The van der Waals surface area contributed by atoms with E-state index in [1.165, 1.54) is 0 Å². The van der Waals surface area contributed by atoms with Crippen LogP contribution >= 0.6 is 0 Å². The minimum atomic E-state index is -4.77. The number of nitrogens with zero attached hydrogens (tertiary/aromatic N) is 5. The summed E-state index contributed by atoms with van der Waals surface area (Å²) < 4.78 is 76.1. The van der Waals surface area contributed by atoms with Crippen LogP contribution in [0.4, 0.5) is 32.3 Å². The summed E-state index contributed by atoms with van der Waals surface area (Å²) in [5, 5.41) is 5.44. The first-order valence-corrected chi connectivity index (χ1v) is 10.0. The van der Waals surface area contributed by atoms with Crippen LogP contribution in [0.3, 0.4) is 0 Å². The quantitative estimate of drug-likeness (QED) is 0.507. The summed E-state index contributed by atoms with van der Waals surface area (Å²) in [6, 6.07) is 0.712. The van der Waals surface area contributed by atoms with Gasteiger partial charge in [-0.2, -0.15) is 31.4 Å². The largest absolute Gasteiger partial charge is 0.421 e. The summed E-state index contributed by atoms with van der Waals surface area (Å²) in [5.41, 5.74) is -3.47. The maximum Gasteiger partial charge on any atom is 0.421 e. The molecule has 180 valence electrons. The molecule has 0 atom stereocenters. The van der Waals surface area contributed by atoms with Crippen molar-refractivity contribution in [1.82, 2.24) is 25.1 Å². The van der Waals surface area contributed by atoms with Gasteiger partial charge in [0.1, 0.15) is 5.56 Å². The Hall–Kier alpha value is -3.19. The third-order valence-corrected chi connectivity index (χ3v) is 5.12. The Kier molecular flexibility index (Phi) is 7.22. The predicted molar refractivity (Wildman–Crippen MR) is 103 cm³/mol. The van der Waals surface area contributed by atoms with Crippen molar-refractivity contribution in [2.75, 3.05) is 31.1 Å². The van der Waals surface area contributed by atoms with Gasteiger partial charge in [-0.25, -0.2) is 15.1 Å². The maximum absolute atomic E-state index is 12.8. The van der Waals surface area contributed by atoms with Gasteiger partial charge in [0, 0.05) is 45.0 Å². The summed E-state index contributed by atoms with van der Waals surface area (Å²) in [5.74, 6) is 0.0233. The van der Waals surface area contributed by atoms with Gasteiger partial charge >= 0.3 is 12.4 Å². The van der Waals surface area contributed by atoms with E-state index in [0.717, 1.165) is 12.4 Å². The minimum Gasteiger partial charge on any atom is -0.339 e. The second-order valence-electron chi connectivity index (χ2n) is 7.44. The fourth-order valence-electron chi connectivity index (χ4n) is 3.31. The normalized spacial score (nSPS) is 15.1.